The fraction of sp³-hybridized carbons (Fsp3) is 0.364. The van der Waals surface area contributed by atoms with E-state index in [0.717, 1.165) is 22.6 Å². The van der Waals surface area contributed by atoms with Gasteiger partial charge in [-0.05, 0) is 38.5 Å². The summed E-state index contributed by atoms with van der Waals surface area (Å²) in [5.41, 5.74) is 9.20. The van der Waals surface area contributed by atoms with Gasteiger partial charge in [-0.3, -0.25) is 0 Å². The van der Waals surface area contributed by atoms with Crippen LogP contribution in [0.1, 0.15) is 30.0 Å². The average molecular weight is 189 g/mol. The van der Waals surface area contributed by atoms with Crippen LogP contribution in [0.3, 0.4) is 0 Å². The maximum absolute atomic E-state index is 5.83. The first-order valence-electron chi connectivity index (χ1n) is 4.80. The molecule has 1 atom stereocenters. The Balaban J connectivity index is 2.71. The number of aromatic nitrogens is 2. The lowest BCUT2D eigenvalue weighted by Gasteiger charge is -2.06. The Hall–Kier alpha value is -1.35. The van der Waals surface area contributed by atoms with Crippen LogP contribution < -0.4 is 5.73 Å². The molecule has 0 fully saturated rings. The molecule has 0 saturated carbocycles. The molecule has 2 aromatic heterocycles. The van der Waals surface area contributed by atoms with E-state index in [1.54, 1.807) is 0 Å². The molecule has 3 nitrogen and oxygen atoms in total. The quantitative estimate of drug-likeness (QED) is 0.745. The minimum Gasteiger partial charge on any atom is -0.324 e. The number of pyridine rings is 1. The minimum absolute atomic E-state index is 0.0783. The summed E-state index contributed by atoms with van der Waals surface area (Å²) in [6.07, 6.45) is 2.03. The summed E-state index contributed by atoms with van der Waals surface area (Å²) >= 11 is 0. The summed E-state index contributed by atoms with van der Waals surface area (Å²) < 4.78 is 2.08. The molecule has 0 bridgehead atoms. The molecule has 3 heteroatoms. The van der Waals surface area contributed by atoms with E-state index in [0.29, 0.717) is 0 Å². The second kappa shape index (κ2) is 3.10. The summed E-state index contributed by atoms with van der Waals surface area (Å²) in [4.78, 5) is 4.41. The van der Waals surface area contributed by atoms with E-state index in [9.17, 15) is 0 Å². The van der Waals surface area contributed by atoms with Gasteiger partial charge in [0.1, 0.15) is 5.82 Å². The van der Waals surface area contributed by atoms with Crippen molar-refractivity contribution in [3.05, 3.63) is 35.4 Å². The molecule has 2 N–H and O–H groups in total. The van der Waals surface area contributed by atoms with E-state index >= 15 is 0 Å². The molecule has 0 aliphatic rings. The molecular formula is C11H15N3. The number of nitrogens with two attached hydrogens (primary N) is 1. The van der Waals surface area contributed by atoms with Crippen LogP contribution in [0.15, 0.2) is 18.3 Å². The van der Waals surface area contributed by atoms with Gasteiger partial charge in [0, 0.05) is 12.2 Å². The highest BCUT2D eigenvalue weighted by atomic mass is 15.0. The maximum Gasteiger partial charge on any atom is 0.110 e. The first-order valence-corrected chi connectivity index (χ1v) is 4.80. The number of fused-ring (bicyclic) bond motifs is 1. The van der Waals surface area contributed by atoms with Crippen LogP contribution in [0, 0.1) is 13.8 Å². The normalized spacial score (nSPS) is 13.4. The molecule has 0 aliphatic carbocycles. The largest absolute Gasteiger partial charge is 0.324 e. The molecule has 1 unspecified atom stereocenters. The van der Waals surface area contributed by atoms with E-state index < -0.39 is 0 Å². The fourth-order valence-corrected chi connectivity index (χ4v) is 1.71. The van der Waals surface area contributed by atoms with Crippen molar-refractivity contribution < 1.29 is 0 Å². The van der Waals surface area contributed by atoms with Gasteiger partial charge in [0.25, 0.3) is 0 Å². The second-order valence-electron chi connectivity index (χ2n) is 3.75. The minimum atomic E-state index is 0.0783. The van der Waals surface area contributed by atoms with Crippen molar-refractivity contribution in [3.8, 4) is 0 Å². The van der Waals surface area contributed by atoms with Crippen LogP contribution in [0.2, 0.25) is 0 Å². The van der Waals surface area contributed by atoms with Crippen LogP contribution in [0.4, 0.5) is 0 Å². The summed E-state index contributed by atoms with van der Waals surface area (Å²) in [7, 11) is 0. The van der Waals surface area contributed by atoms with Gasteiger partial charge in [0.05, 0.1) is 11.2 Å². The molecular weight excluding hydrogens is 174 g/mol. The van der Waals surface area contributed by atoms with Gasteiger partial charge in [-0.2, -0.15) is 0 Å². The van der Waals surface area contributed by atoms with Crippen LogP contribution in [0.25, 0.3) is 5.52 Å². The summed E-state index contributed by atoms with van der Waals surface area (Å²) in [5, 5.41) is 0. The standard InChI is InChI=1S/C11H15N3/c1-7(12)10-4-5-14-9(3)13-8(2)11(14)6-10/h4-7H,12H2,1-3H3. The first kappa shape index (κ1) is 9.21. The molecule has 0 radical (unpaired) electrons. The van der Waals surface area contributed by atoms with Crippen molar-refractivity contribution in [1.82, 2.24) is 9.38 Å². The summed E-state index contributed by atoms with van der Waals surface area (Å²) in [6.45, 7) is 6.02. The van der Waals surface area contributed by atoms with E-state index in [2.05, 4.69) is 15.5 Å². The Bertz CT molecular complexity index is 469. The van der Waals surface area contributed by atoms with Gasteiger partial charge in [0.15, 0.2) is 0 Å². The Morgan fingerprint density at radius 1 is 1.43 bits per heavy atom. The average Bonchev–Trinajstić information content (AvgIpc) is 2.42. The number of nitrogens with zero attached hydrogens (tertiary/aromatic N) is 2. The third-order valence-corrected chi connectivity index (χ3v) is 2.55. The lowest BCUT2D eigenvalue weighted by Crippen LogP contribution is -2.05. The topological polar surface area (TPSA) is 43.3 Å². The third-order valence-electron chi connectivity index (χ3n) is 2.55. The maximum atomic E-state index is 5.83. The zero-order valence-electron chi connectivity index (χ0n) is 8.78. The number of imidazole rings is 1. The number of hydrogen-bond donors (Lipinski definition) is 1. The Kier molecular flexibility index (Phi) is 2.04. The van der Waals surface area contributed by atoms with Crippen molar-refractivity contribution in [2.24, 2.45) is 5.73 Å². The number of hydrogen-bond acceptors (Lipinski definition) is 2. The van der Waals surface area contributed by atoms with Crippen molar-refractivity contribution in [2.45, 2.75) is 26.8 Å². The Morgan fingerprint density at radius 3 is 2.79 bits per heavy atom. The monoisotopic (exact) mass is 189 g/mol. The van der Waals surface area contributed by atoms with Gasteiger partial charge < -0.3 is 10.1 Å². The highest BCUT2D eigenvalue weighted by Gasteiger charge is 2.06. The molecule has 0 saturated heterocycles. The van der Waals surface area contributed by atoms with Crippen molar-refractivity contribution in [1.29, 1.82) is 0 Å². The highest BCUT2D eigenvalue weighted by Crippen LogP contribution is 2.17. The molecule has 2 aromatic rings. The molecule has 0 amide bonds. The van der Waals surface area contributed by atoms with Gasteiger partial charge in [-0.25, -0.2) is 4.98 Å². The van der Waals surface area contributed by atoms with Crippen molar-refractivity contribution in [2.75, 3.05) is 0 Å². The van der Waals surface area contributed by atoms with E-state index in [4.69, 9.17) is 5.73 Å². The van der Waals surface area contributed by atoms with Crippen molar-refractivity contribution in [3.63, 3.8) is 0 Å². The lowest BCUT2D eigenvalue weighted by molar-refractivity contribution is 0.815. The molecule has 14 heavy (non-hydrogen) atoms. The predicted octanol–water partition coefficient (Wildman–Crippen LogP) is 1.97. The van der Waals surface area contributed by atoms with E-state index in [1.807, 2.05) is 33.0 Å². The second-order valence-corrected chi connectivity index (χ2v) is 3.75. The number of aryl methyl sites for hydroxylation is 2. The molecule has 2 heterocycles. The number of rotatable bonds is 1. The molecule has 0 aromatic carbocycles. The van der Waals surface area contributed by atoms with Gasteiger partial charge in [-0.15, -0.1) is 0 Å². The predicted molar refractivity (Wildman–Crippen MR) is 57.3 cm³/mol. The zero-order chi connectivity index (χ0) is 10.3. The fourth-order valence-electron chi connectivity index (χ4n) is 1.71. The van der Waals surface area contributed by atoms with Crippen LogP contribution in [0.5, 0.6) is 0 Å². The van der Waals surface area contributed by atoms with Crippen LogP contribution in [-0.2, 0) is 0 Å². The third kappa shape index (κ3) is 1.30. The van der Waals surface area contributed by atoms with Crippen LogP contribution in [-0.4, -0.2) is 9.38 Å². The molecule has 0 spiro atoms. The first-order chi connectivity index (χ1) is 6.59. The summed E-state index contributed by atoms with van der Waals surface area (Å²) in [5.74, 6) is 1.02. The highest BCUT2D eigenvalue weighted by molar-refractivity contribution is 5.54. The molecule has 0 aliphatic heterocycles. The molecule has 74 valence electrons. The van der Waals surface area contributed by atoms with E-state index in [-0.39, 0.29) is 6.04 Å². The van der Waals surface area contributed by atoms with Gasteiger partial charge in [-0.1, -0.05) is 0 Å². The van der Waals surface area contributed by atoms with Crippen molar-refractivity contribution >= 4 is 5.52 Å². The van der Waals surface area contributed by atoms with Gasteiger partial charge >= 0.3 is 0 Å². The Labute approximate surface area is 83.6 Å². The lowest BCUT2D eigenvalue weighted by atomic mass is 10.1. The Morgan fingerprint density at radius 2 is 2.14 bits per heavy atom. The smallest absolute Gasteiger partial charge is 0.110 e. The SMILES string of the molecule is Cc1nc(C)n2ccc(C(C)N)cc12. The van der Waals surface area contributed by atoms with Gasteiger partial charge in [0.2, 0.25) is 0 Å². The zero-order valence-corrected chi connectivity index (χ0v) is 8.78. The van der Waals surface area contributed by atoms with Crippen LogP contribution >= 0.6 is 0 Å². The molecule has 2 rings (SSSR count). The summed E-state index contributed by atoms with van der Waals surface area (Å²) in [6, 6.07) is 4.24. The van der Waals surface area contributed by atoms with E-state index in [1.165, 1.54) is 0 Å².